The molecule has 2 N–H and O–H groups in total. The van der Waals surface area contributed by atoms with Crippen molar-refractivity contribution in [2.75, 3.05) is 13.1 Å². The zero-order valence-corrected chi connectivity index (χ0v) is 11.2. The molecule has 1 saturated heterocycles. The fourth-order valence-corrected chi connectivity index (χ4v) is 3.91. The molecule has 0 unspecified atom stereocenters. The van der Waals surface area contributed by atoms with E-state index in [4.69, 9.17) is 0 Å². The average molecular weight is 305 g/mol. The van der Waals surface area contributed by atoms with Gasteiger partial charge in [-0.1, -0.05) is 6.07 Å². The largest absolute Gasteiger partial charge is 0.313 e. The molecule has 0 radical (unpaired) electrons. The highest BCUT2D eigenvalue weighted by atomic mass is 79.9. The highest BCUT2D eigenvalue weighted by Crippen LogP contribution is 2.23. The van der Waals surface area contributed by atoms with E-state index in [0.717, 1.165) is 5.56 Å². The van der Waals surface area contributed by atoms with E-state index >= 15 is 0 Å². The van der Waals surface area contributed by atoms with Crippen LogP contribution in [0.15, 0.2) is 27.6 Å². The van der Waals surface area contributed by atoms with Crippen molar-refractivity contribution < 1.29 is 8.42 Å². The van der Waals surface area contributed by atoms with Crippen molar-refractivity contribution in [3.8, 4) is 0 Å². The second kappa shape index (κ2) is 4.44. The number of sulfonamides is 1. The van der Waals surface area contributed by atoms with Gasteiger partial charge in [-0.15, -0.1) is 0 Å². The van der Waals surface area contributed by atoms with Crippen LogP contribution < -0.4 is 10.0 Å². The standard InChI is InChI=1S/C10H13BrN2O2S/c1-7-2-3-10(9(11)4-7)16(14,15)13-8-5-12-6-8/h2-4,8,12-13H,5-6H2,1H3. The lowest BCUT2D eigenvalue weighted by atomic mass is 10.2. The second-order valence-corrected chi connectivity index (χ2v) is 6.45. The Bertz CT molecular complexity index is 498. The normalized spacial score (nSPS) is 17.1. The molecule has 0 amide bonds. The zero-order chi connectivity index (χ0) is 11.8. The lowest BCUT2D eigenvalue weighted by Gasteiger charge is -2.27. The Labute approximate surface area is 104 Å². The van der Waals surface area contributed by atoms with Gasteiger partial charge in [-0.25, -0.2) is 13.1 Å². The third kappa shape index (κ3) is 2.45. The topological polar surface area (TPSA) is 58.2 Å². The number of nitrogens with one attached hydrogen (secondary N) is 2. The molecule has 0 atom stereocenters. The highest BCUT2D eigenvalue weighted by molar-refractivity contribution is 9.10. The van der Waals surface area contributed by atoms with Crippen LogP contribution in [-0.4, -0.2) is 27.5 Å². The quantitative estimate of drug-likeness (QED) is 0.876. The van der Waals surface area contributed by atoms with Gasteiger partial charge >= 0.3 is 0 Å². The molecule has 0 saturated carbocycles. The fourth-order valence-electron chi connectivity index (χ4n) is 1.48. The van der Waals surface area contributed by atoms with Gasteiger partial charge in [0.25, 0.3) is 0 Å². The maximum Gasteiger partial charge on any atom is 0.242 e. The van der Waals surface area contributed by atoms with Gasteiger partial charge in [0.2, 0.25) is 10.0 Å². The summed E-state index contributed by atoms with van der Waals surface area (Å²) in [5, 5.41) is 3.02. The minimum atomic E-state index is -3.40. The first-order chi connectivity index (χ1) is 7.49. The van der Waals surface area contributed by atoms with Crippen LogP contribution in [0.2, 0.25) is 0 Å². The summed E-state index contributed by atoms with van der Waals surface area (Å²) in [5.74, 6) is 0. The number of benzene rings is 1. The van der Waals surface area contributed by atoms with Gasteiger partial charge in [-0.2, -0.15) is 0 Å². The van der Waals surface area contributed by atoms with Crippen LogP contribution in [0.25, 0.3) is 0 Å². The summed E-state index contributed by atoms with van der Waals surface area (Å²) in [6, 6.07) is 5.22. The smallest absolute Gasteiger partial charge is 0.242 e. The fraction of sp³-hybridized carbons (Fsp3) is 0.400. The Balaban J connectivity index is 2.27. The predicted octanol–water partition coefficient (Wildman–Crippen LogP) is 1.01. The molecule has 0 aromatic heterocycles. The number of halogens is 1. The molecule has 1 aromatic carbocycles. The summed E-state index contributed by atoms with van der Waals surface area (Å²) in [5.41, 5.74) is 1.02. The molecule has 1 aliphatic rings. The van der Waals surface area contributed by atoms with Crippen molar-refractivity contribution in [3.63, 3.8) is 0 Å². The maximum absolute atomic E-state index is 12.0. The van der Waals surface area contributed by atoms with E-state index in [1.165, 1.54) is 0 Å². The lowest BCUT2D eigenvalue weighted by Crippen LogP contribution is -2.56. The van der Waals surface area contributed by atoms with Gasteiger partial charge in [0, 0.05) is 23.6 Å². The lowest BCUT2D eigenvalue weighted by molar-refractivity contribution is 0.410. The van der Waals surface area contributed by atoms with E-state index in [1.54, 1.807) is 18.2 Å². The van der Waals surface area contributed by atoms with Crippen molar-refractivity contribution in [2.45, 2.75) is 17.9 Å². The highest BCUT2D eigenvalue weighted by Gasteiger charge is 2.25. The first kappa shape index (κ1) is 12.0. The van der Waals surface area contributed by atoms with Crippen LogP contribution in [0.4, 0.5) is 0 Å². The van der Waals surface area contributed by atoms with Crippen LogP contribution in [0.3, 0.4) is 0 Å². The van der Waals surface area contributed by atoms with Crippen LogP contribution in [-0.2, 0) is 10.0 Å². The number of rotatable bonds is 3. The average Bonchev–Trinajstić information content (AvgIpc) is 2.11. The van der Waals surface area contributed by atoms with Gasteiger partial charge in [-0.05, 0) is 40.5 Å². The third-order valence-electron chi connectivity index (χ3n) is 2.48. The van der Waals surface area contributed by atoms with E-state index in [2.05, 4.69) is 26.0 Å². The predicted molar refractivity (Wildman–Crippen MR) is 65.9 cm³/mol. The summed E-state index contributed by atoms with van der Waals surface area (Å²) < 4.78 is 27.3. The van der Waals surface area contributed by atoms with Gasteiger partial charge in [0.05, 0.1) is 4.90 Å². The van der Waals surface area contributed by atoms with E-state index in [9.17, 15) is 8.42 Å². The van der Waals surface area contributed by atoms with E-state index in [0.29, 0.717) is 22.5 Å². The summed E-state index contributed by atoms with van der Waals surface area (Å²) >= 11 is 3.28. The van der Waals surface area contributed by atoms with Gasteiger partial charge < -0.3 is 5.32 Å². The van der Waals surface area contributed by atoms with Crippen LogP contribution in [0.1, 0.15) is 5.56 Å². The molecule has 6 heteroatoms. The molecular weight excluding hydrogens is 292 g/mol. The van der Waals surface area contributed by atoms with Crippen molar-refractivity contribution in [1.29, 1.82) is 0 Å². The third-order valence-corrected chi connectivity index (χ3v) is 4.98. The van der Waals surface area contributed by atoms with E-state index in [1.807, 2.05) is 6.92 Å². The molecule has 1 aliphatic heterocycles. The minimum absolute atomic E-state index is 0.0122. The maximum atomic E-state index is 12.0. The van der Waals surface area contributed by atoms with Crippen LogP contribution in [0.5, 0.6) is 0 Å². The molecule has 16 heavy (non-hydrogen) atoms. The number of aryl methyl sites for hydroxylation is 1. The van der Waals surface area contributed by atoms with Gasteiger partial charge in [0.15, 0.2) is 0 Å². The Morgan fingerprint density at radius 2 is 2.12 bits per heavy atom. The Hall–Kier alpha value is -0.430. The Kier molecular flexibility index (Phi) is 3.34. The Morgan fingerprint density at radius 1 is 1.44 bits per heavy atom. The molecule has 1 aromatic rings. The second-order valence-electron chi connectivity index (χ2n) is 3.91. The molecule has 0 spiro atoms. The van der Waals surface area contributed by atoms with Crippen molar-refractivity contribution in [3.05, 3.63) is 28.2 Å². The molecule has 0 bridgehead atoms. The van der Waals surface area contributed by atoms with Crippen molar-refractivity contribution >= 4 is 26.0 Å². The number of hydrogen-bond donors (Lipinski definition) is 2. The summed E-state index contributed by atoms with van der Waals surface area (Å²) in [4.78, 5) is 0.296. The summed E-state index contributed by atoms with van der Waals surface area (Å²) in [6.07, 6.45) is 0. The van der Waals surface area contributed by atoms with Gasteiger partial charge in [0.1, 0.15) is 0 Å². The zero-order valence-electron chi connectivity index (χ0n) is 8.83. The minimum Gasteiger partial charge on any atom is -0.313 e. The van der Waals surface area contributed by atoms with Crippen LogP contribution in [0, 0.1) is 6.92 Å². The van der Waals surface area contributed by atoms with Crippen molar-refractivity contribution in [1.82, 2.24) is 10.0 Å². The van der Waals surface area contributed by atoms with Crippen LogP contribution >= 0.6 is 15.9 Å². The monoisotopic (exact) mass is 304 g/mol. The first-order valence-corrected chi connectivity index (χ1v) is 7.26. The molecule has 88 valence electrons. The summed E-state index contributed by atoms with van der Waals surface area (Å²) in [6.45, 7) is 3.32. The molecule has 4 nitrogen and oxygen atoms in total. The molecule has 0 aliphatic carbocycles. The molecule has 1 fully saturated rings. The molecule has 1 heterocycles. The van der Waals surface area contributed by atoms with E-state index in [-0.39, 0.29) is 6.04 Å². The molecule has 2 rings (SSSR count). The SMILES string of the molecule is Cc1ccc(S(=O)(=O)NC2CNC2)c(Br)c1. The van der Waals surface area contributed by atoms with Crippen molar-refractivity contribution in [2.24, 2.45) is 0 Å². The Morgan fingerprint density at radius 3 is 2.62 bits per heavy atom. The van der Waals surface area contributed by atoms with E-state index < -0.39 is 10.0 Å². The van der Waals surface area contributed by atoms with Gasteiger partial charge in [-0.3, -0.25) is 0 Å². The molecular formula is C10H13BrN2O2S. The first-order valence-electron chi connectivity index (χ1n) is 4.98. The number of hydrogen-bond acceptors (Lipinski definition) is 3. The summed E-state index contributed by atoms with van der Waals surface area (Å²) in [7, 11) is -3.40.